The number of ether oxygens (including phenoxy) is 1. The van der Waals surface area contributed by atoms with Crippen LogP contribution in [-0.2, 0) is 0 Å². The topological polar surface area (TPSA) is 48.9 Å². The summed E-state index contributed by atoms with van der Waals surface area (Å²) >= 11 is 0. The summed E-state index contributed by atoms with van der Waals surface area (Å²) in [5.74, 6) is 1.97. The van der Waals surface area contributed by atoms with Crippen molar-refractivity contribution in [1.82, 2.24) is 14.8 Å². The SMILES string of the molecule is O=C(c1ccnc(N2CCN(CCOc3ccccc3)CC2)c1)N1CCCC1. The van der Waals surface area contributed by atoms with Crippen LogP contribution in [0.15, 0.2) is 48.7 Å². The summed E-state index contributed by atoms with van der Waals surface area (Å²) < 4.78 is 5.80. The summed E-state index contributed by atoms with van der Waals surface area (Å²) in [6, 6.07) is 13.7. The van der Waals surface area contributed by atoms with Gasteiger partial charge in [0.05, 0.1) is 0 Å². The molecule has 4 rings (SSSR count). The lowest BCUT2D eigenvalue weighted by atomic mass is 10.2. The van der Waals surface area contributed by atoms with Gasteiger partial charge in [0, 0.05) is 57.6 Å². The lowest BCUT2D eigenvalue weighted by molar-refractivity contribution is 0.0792. The minimum absolute atomic E-state index is 0.137. The average molecular weight is 380 g/mol. The predicted octanol–water partition coefficient (Wildman–Crippen LogP) is 2.52. The molecule has 0 spiro atoms. The summed E-state index contributed by atoms with van der Waals surface area (Å²) in [4.78, 5) is 23.8. The Labute approximate surface area is 166 Å². The quantitative estimate of drug-likeness (QED) is 0.771. The van der Waals surface area contributed by atoms with Crippen LogP contribution in [0.4, 0.5) is 5.82 Å². The van der Waals surface area contributed by atoms with E-state index in [4.69, 9.17) is 4.74 Å². The molecule has 148 valence electrons. The van der Waals surface area contributed by atoms with E-state index in [1.54, 1.807) is 6.20 Å². The number of nitrogens with zero attached hydrogens (tertiary/aromatic N) is 4. The van der Waals surface area contributed by atoms with E-state index in [2.05, 4.69) is 14.8 Å². The van der Waals surface area contributed by atoms with Crippen LogP contribution in [0.25, 0.3) is 0 Å². The molecule has 1 aromatic heterocycles. The molecule has 1 aromatic carbocycles. The number of likely N-dealkylation sites (tertiary alicyclic amines) is 1. The highest BCUT2D eigenvalue weighted by atomic mass is 16.5. The summed E-state index contributed by atoms with van der Waals surface area (Å²) in [7, 11) is 0. The molecule has 1 amide bonds. The van der Waals surface area contributed by atoms with Crippen molar-refractivity contribution in [2.24, 2.45) is 0 Å². The molecule has 0 atom stereocenters. The molecule has 6 heteroatoms. The molecule has 0 unspecified atom stereocenters. The maximum absolute atomic E-state index is 12.6. The number of pyridine rings is 1. The first kappa shape index (κ1) is 18.7. The van der Waals surface area contributed by atoms with Crippen molar-refractivity contribution in [3.05, 3.63) is 54.2 Å². The maximum Gasteiger partial charge on any atom is 0.254 e. The van der Waals surface area contributed by atoms with E-state index in [-0.39, 0.29) is 5.91 Å². The van der Waals surface area contributed by atoms with Gasteiger partial charge in [0.2, 0.25) is 0 Å². The zero-order valence-corrected chi connectivity index (χ0v) is 16.3. The second-order valence-corrected chi connectivity index (χ2v) is 7.39. The van der Waals surface area contributed by atoms with Gasteiger partial charge in [0.25, 0.3) is 5.91 Å². The number of anilines is 1. The highest BCUT2D eigenvalue weighted by Crippen LogP contribution is 2.18. The van der Waals surface area contributed by atoms with Crippen molar-refractivity contribution < 1.29 is 9.53 Å². The Bertz CT molecular complexity index is 769. The Morgan fingerprint density at radius 1 is 0.964 bits per heavy atom. The minimum Gasteiger partial charge on any atom is -0.492 e. The molecule has 0 radical (unpaired) electrons. The largest absolute Gasteiger partial charge is 0.492 e. The van der Waals surface area contributed by atoms with Crippen LogP contribution in [-0.4, -0.2) is 73.1 Å². The Balaban J connectivity index is 1.26. The van der Waals surface area contributed by atoms with Crippen LogP contribution in [0, 0.1) is 0 Å². The Morgan fingerprint density at radius 3 is 2.46 bits per heavy atom. The van der Waals surface area contributed by atoms with Crippen LogP contribution in [0.3, 0.4) is 0 Å². The van der Waals surface area contributed by atoms with E-state index < -0.39 is 0 Å². The van der Waals surface area contributed by atoms with Crippen LogP contribution in [0.1, 0.15) is 23.2 Å². The summed E-state index contributed by atoms with van der Waals surface area (Å²) in [5.41, 5.74) is 0.755. The molecule has 28 heavy (non-hydrogen) atoms. The molecule has 2 aromatic rings. The standard InChI is InChI=1S/C22H28N4O2/c27-22(26-10-4-5-11-26)19-8-9-23-21(18-19)25-14-12-24(13-15-25)16-17-28-20-6-2-1-3-7-20/h1-3,6-9,18H,4-5,10-17H2. The third-order valence-corrected chi connectivity index (χ3v) is 5.50. The Hall–Kier alpha value is -2.60. The fraction of sp³-hybridized carbons (Fsp3) is 0.455. The third kappa shape index (κ3) is 4.62. The average Bonchev–Trinajstić information content (AvgIpc) is 3.30. The number of benzene rings is 1. The molecule has 0 bridgehead atoms. The number of rotatable bonds is 6. The van der Waals surface area contributed by atoms with Crippen molar-refractivity contribution in [3.8, 4) is 5.75 Å². The Kier molecular flexibility index (Phi) is 6.07. The number of carbonyl (C=O) groups excluding carboxylic acids is 1. The lowest BCUT2D eigenvalue weighted by Gasteiger charge is -2.35. The molecule has 0 N–H and O–H groups in total. The molecule has 2 saturated heterocycles. The highest BCUT2D eigenvalue weighted by molar-refractivity contribution is 5.95. The number of amides is 1. The zero-order valence-electron chi connectivity index (χ0n) is 16.3. The highest BCUT2D eigenvalue weighted by Gasteiger charge is 2.22. The van der Waals surface area contributed by atoms with Crippen LogP contribution >= 0.6 is 0 Å². The molecule has 2 aliphatic heterocycles. The molecular formula is C22H28N4O2. The molecule has 0 aliphatic carbocycles. The third-order valence-electron chi connectivity index (χ3n) is 5.50. The second-order valence-electron chi connectivity index (χ2n) is 7.39. The number of para-hydroxylation sites is 1. The van der Waals surface area contributed by atoms with E-state index in [1.807, 2.05) is 47.4 Å². The van der Waals surface area contributed by atoms with Crippen LogP contribution in [0.2, 0.25) is 0 Å². The first-order valence-corrected chi connectivity index (χ1v) is 10.2. The van der Waals surface area contributed by atoms with Crippen molar-refractivity contribution in [3.63, 3.8) is 0 Å². The predicted molar refractivity (Wildman–Crippen MR) is 110 cm³/mol. The van der Waals surface area contributed by atoms with Crippen LogP contribution < -0.4 is 9.64 Å². The van der Waals surface area contributed by atoms with Gasteiger partial charge >= 0.3 is 0 Å². The van der Waals surface area contributed by atoms with E-state index in [0.717, 1.165) is 75.8 Å². The lowest BCUT2D eigenvalue weighted by Crippen LogP contribution is -2.47. The van der Waals surface area contributed by atoms with Gasteiger partial charge in [0.15, 0.2) is 0 Å². The molecule has 3 heterocycles. The number of aromatic nitrogens is 1. The molecule has 2 fully saturated rings. The van der Waals surface area contributed by atoms with Gasteiger partial charge in [-0.3, -0.25) is 9.69 Å². The number of hydrogen-bond donors (Lipinski definition) is 0. The Morgan fingerprint density at radius 2 is 1.71 bits per heavy atom. The van der Waals surface area contributed by atoms with Crippen molar-refractivity contribution in [2.75, 3.05) is 57.3 Å². The van der Waals surface area contributed by atoms with Gasteiger partial charge < -0.3 is 14.5 Å². The van der Waals surface area contributed by atoms with Crippen molar-refractivity contribution >= 4 is 11.7 Å². The summed E-state index contributed by atoms with van der Waals surface area (Å²) in [6.07, 6.45) is 3.98. The van der Waals surface area contributed by atoms with E-state index in [1.165, 1.54) is 0 Å². The van der Waals surface area contributed by atoms with Crippen molar-refractivity contribution in [1.29, 1.82) is 0 Å². The monoisotopic (exact) mass is 380 g/mol. The van der Waals surface area contributed by atoms with Gasteiger partial charge in [-0.15, -0.1) is 0 Å². The summed E-state index contributed by atoms with van der Waals surface area (Å²) in [5, 5.41) is 0. The fourth-order valence-electron chi connectivity index (χ4n) is 3.84. The van der Waals surface area contributed by atoms with E-state index in [9.17, 15) is 4.79 Å². The summed E-state index contributed by atoms with van der Waals surface area (Å²) in [6.45, 7) is 7.15. The number of hydrogen-bond acceptors (Lipinski definition) is 5. The van der Waals surface area contributed by atoms with Crippen LogP contribution in [0.5, 0.6) is 5.75 Å². The first-order valence-electron chi connectivity index (χ1n) is 10.2. The van der Waals surface area contributed by atoms with Gasteiger partial charge in [-0.05, 0) is 37.1 Å². The smallest absolute Gasteiger partial charge is 0.254 e. The molecule has 0 saturated carbocycles. The first-order chi connectivity index (χ1) is 13.8. The second kappa shape index (κ2) is 9.06. The zero-order chi connectivity index (χ0) is 19.2. The molecular weight excluding hydrogens is 352 g/mol. The molecule has 2 aliphatic rings. The van der Waals surface area contributed by atoms with Gasteiger partial charge in [0.1, 0.15) is 18.2 Å². The fourth-order valence-corrected chi connectivity index (χ4v) is 3.84. The van der Waals surface area contributed by atoms with Crippen molar-refractivity contribution in [2.45, 2.75) is 12.8 Å². The van der Waals surface area contributed by atoms with Gasteiger partial charge in [-0.1, -0.05) is 18.2 Å². The normalized spacial score (nSPS) is 17.7. The number of piperazine rings is 1. The van der Waals surface area contributed by atoms with E-state index >= 15 is 0 Å². The van der Waals surface area contributed by atoms with E-state index in [0.29, 0.717) is 6.61 Å². The number of carbonyl (C=O) groups is 1. The molecule has 6 nitrogen and oxygen atoms in total. The maximum atomic E-state index is 12.6. The van der Waals surface area contributed by atoms with Gasteiger partial charge in [-0.2, -0.15) is 0 Å². The van der Waals surface area contributed by atoms with Gasteiger partial charge in [-0.25, -0.2) is 4.98 Å². The minimum atomic E-state index is 0.137.